The lowest BCUT2D eigenvalue weighted by molar-refractivity contribution is 1.75. The zero-order chi connectivity index (χ0) is 9.66. The van der Waals surface area contributed by atoms with E-state index in [0.717, 1.165) is 0 Å². The van der Waals surface area contributed by atoms with Crippen LogP contribution in [0.4, 0.5) is 0 Å². The summed E-state index contributed by atoms with van der Waals surface area (Å²) in [6.07, 6.45) is 7.47. The lowest BCUT2D eigenvalue weighted by atomic mass is 10.5. The lowest BCUT2D eigenvalue weighted by Gasteiger charge is -1.56. The molecule has 12 heavy (non-hydrogen) atoms. The number of rotatable bonds is 0. The Morgan fingerprint density at radius 3 is 1.17 bits per heavy atom. The molecule has 0 aromatic carbocycles. The second-order valence-electron chi connectivity index (χ2n) is 1.79. The van der Waals surface area contributed by atoms with Crippen LogP contribution in [0.3, 0.4) is 0 Å². The van der Waals surface area contributed by atoms with Crippen LogP contribution in [0.15, 0.2) is 24.3 Å². The average molecular weight is 160 g/mol. The van der Waals surface area contributed by atoms with Crippen molar-refractivity contribution < 1.29 is 0 Å². The normalized spacial score (nSPS) is 7.67. The third-order valence-electron chi connectivity index (χ3n) is 0.789. The Labute approximate surface area is 76.4 Å². The van der Waals surface area contributed by atoms with Crippen molar-refractivity contribution in [2.24, 2.45) is 0 Å². The number of allylic oxidation sites excluding steroid dienone is 4. The van der Waals surface area contributed by atoms with Crippen LogP contribution in [0.1, 0.15) is 27.7 Å². The molecule has 0 unspecified atom stereocenters. The summed E-state index contributed by atoms with van der Waals surface area (Å²) in [5.74, 6) is 11.0. The van der Waals surface area contributed by atoms with Crippen molar-refractivity contribution in [3.05, 3.63) is 24.3 Å². The molecular weight excluding hydrogens is 144 g/mol. The van der Waals surface area contributed by atoms with Gasteiger partial charge in [0.25, 0.3) is 0 Å². The van der Waals surface area contributed by atoms with Crippen LogP contribution in [0.5, 0.6) is 0 Å². The minimum Gasteiger partial charge on any atom is -0.102 e. The van der Waals surface area contributed by atoms with Gasteiger partial charge in [-0.1, -0.05) is 24.0 Å². The summed E-state index contributed by atoms with van der Waals surface area (Å²) >= 11 is 0. The van der Waals surface area contributed by atoms with Crippen molar-refractivity contribution >= 4 is 0 Å². The summed E-state index contributed by atoms with van der Waals surface area (Å²) in [4.78, 5) is 0. The molecular formula is C12H16. The first-order chi connectivity index (χ1) is 5.83. The van der Waals surface area contributed by atoms with E-state index in [9.17, 15) is 0 Å². The highest BCUT2D eigenvalue weighted by Crippen LogP contribution is 1.62. The Kier molecular flexibility index (Phi) is 17.9. The maximum absolute atomic E-state index is 2.77. The summed E-state index contributed by atoms with van der Waals surface area (Å²) in [6.45, 7) is 7.54. The zero-order valence-corrected chi connectivity index (χ0v) is 8.31. The molecule has 0 saturated carbocycles. The highest BCUT2D eigenvalue weighted by atomic mass is 13.5. The van der Waals surface area contributed by atoms with E-state index < -0.39 is 0 Å². The molecule has 0 bridgehead atoms. The maximum Gasteiger partial charge on any atom is -0.00235 e. The second kappa shape index (κ2) is 16.3. The fraction of sp³-hybridized carbons (Fsp3) is 0.333. The van der Waals surface area contributed by atoms with Gasteiger partial charge in [0.2, 0.25) is 0 Å². The highest BCUT2D eigenvalue weighted by Gasteiger charge is 1.46. The smallest absolute Gasteiger partial charge is 0.00235 e. The summed E-state index contributed by atoms with van der Waals surface area (Å²) in [5.41, 5.74) is 0. The Hall–Kier alpha value is -1.40. The first kappa shape index (κ1) is 13.2. The van der Waals surface area contributed by atoms with Gasteiger partial charge in [0, 0.05) is 0 Å². The number of hydrogen-bond acceptors (Lipinski definition) is 0. The lowest BCUT2D eigenvalue weighted by Crippen LogP contribution is -1.41. The molecule has 0 amide bonds. The second-order valence-corrected chi connectivity index (χ2v) is 1.79. The molecule has 0 aromatic heterocycles. The molecule has 0 spiro atoms. The first-order valence-electron chi connectivity index (χ1n) is 3.90. The van der Waals surface area contributed by atoms with Crippen LogP contribution in [0.25, 0.3) is 0 Å². The Bertz CT molecular complexity index is 205. The van der Waals surface area contributed by atoms with E-state index in [4.69, 9.17) is 0 Å². The van der Waals surface area contributed by atoms with Crippen LogP contribution in [-0.2, 0) is 0 Å². The Balaban J connectivity index is 0. The molecule has 0 aromatic rings. The minimum absolute atomic E-state index is 1.82. The van der Waals surface area contributed by atoms with Gasteiger partial charge in [0.15, 0.2) is 0 Å². The summed E-state index contributed by atoms with van der Waals surface area (Å²) in [6, 6.07) is 0. The van der Waals surface area contributed by atoms with E-state index in [2.05, 4.69) is 23.7 Å². The SMILES string of the molecule is CC#C/C=C/C.CC#C/C=C\C. The van der Waals surface area contributed by atoms with Crippen LogP contribution >= 0.6 is 0 Å². The molecule has 64 valence electrons. The van der Waals surface area contributed by atoms with Gasteiger partial charge in [-0.3, -0.25) is 0 Å². The van der Waals surface area contributed by atoms with Crippen molar-refractivity contribution in [2.45, 2.75) is 27.7 Å². The van der Waals surface area contributed by atoms with Gasteiger partial charge in [-0.05, 0) is 39.8 Å². The molecule has 0 aliphatic heterocycles. The fourth-order valence-corrected chi connectivity index (χ4v) is 0.333. The van der Waals surface area contributed by atoms with E-state index in [1.807, 2.05) is 52.0 Å². The van der Waals surface area contributed by atoms with Gasteiger partial charge >= 0.3 is 0 Å². The summed E-state index contributed by atoms with van der Waals surface area (Å²) < 4.78 is 0. The van der Waals surface area contributed by atoms with Gasteiger partial charge < -0.3 is 0 Å². The van der Waals surface area contributed by atoms with Crippen molar-refractivity contribution in [3.8, 4) is 23.7 Å². The molecule has 0 saturated heterocycles. The molecule has 0 atom stereocenters. The standard InChI is InChI=1S/2C6H8/c2*1-3-5-6-4-2/h2*3,5H,1-2H3/b5-3+;5-3-. The molecule has 0 aliphatic rings. The maximum atomic E-state index is 2.77. The van der Waals surface area contributed by atoms with Crippen LogP contribution in [0.2, 0.25) is 0 Å². The predicted molar refractivity (Wildman–Crippen MR) is 56.5 cm³/mol. The largest absolute Gasteiger partial charge is 0.102 e. The first-order valence-corrected chi connectivity index (χ1v) is 3.90. The quantitative estimate of drug-likeness (QED) is 0.477. The third kappa shape index (κ3) is 23.5. The van der Waals surface area contributed by atoms with E-state index in [-0.39, 0.29) is 0 Å². The van der Waals surface area contributed by atoms with Crippen LogP contribution in [-0.4, -0.2) is 0 Å². The molecule has 0 rings (SSSR count). The molecule has 0 heterocycles. The van der Waals surface area contributed by atoms with Gasteiger partial charge in [0.05, 0.1) is 0 Å². The summed E-state index contributed by atoms with van der Waals surface area (Å²) in [7, 11) is 0. The molecule has 0 heteroatoms. The molecule has 0 N–H and O–H groups in total. The van der Waals surface area contributed by atoms with Gasteiger partial charge in [-0.15, -0.1) is 11.8 Å². The van der Waals surface area contributed by atoms with Crippen molar-refractivity contribution in [1.29, 1.82) is 0 Å². The molecule has 0 nitrogen and oxygen atoms in total. The average Bonchev–Trinajstić information content (AvgIpc) is 2.12. The van der Waals surface area contributed by atoms with E-state index in [1.165, 1.54) is 0 Å². The van der Waals surface area contributed by atoms with Crippen LogP contribution < -0.4 is 0 Å². The summed E-state index contributed by atoms with van der Waals surface area (Å²) in [5, 5.41) is 0. The highest BCUT2D eigenvalue weighted by molar-refractivity contribution is 5.12. The third-order valence-corrected chi connectivity index (χ3v) is 0.789. The van der Waals surface area contributed by atoms with E-state index in [1.54, 1.807) is 0 Å². The van der Waals surface area contributed by atoms with Crippen molar-refractivity contribution in [3.63, 3.8) is 0 Å². The topological polar surface area (TPSA) is 0 Å². The van der Waals surface area contributed by atoms with Gasteiger partial charge in [-0.25, -0.2) is 0 Å². The van der Waals surface area contributed by atoms with E-state index in [0.29, 0.717) is 0 Å². The number of hydrogen-bond donors (Lipinski definition) is 0. The molecule has 0 radical (unpaired) electrons. The monoisotopic (exact) mass is 160 g/mol. The predicted octanol–water partition coefficient (Wildman–Crippen LogP) is 3.17. The van der Waals surface area contributed by atoms with Crippen molar-refractivity contribution in [1.82, 2.24) is 0 Å². The van der Waals surface area contributed by atoms with E-state index >= 15 is 0 Å². The molecule has 0 aliphatic carbocycles. The van der Waals surface area contributed by atoms with Crippen LogP contribution in [0, 0.1) is 23.7 Å². The molecule has 0 fully saturated rings. The van der Waals surface area contributed by atoms with Gasteiger partial charge in [-0.2, -0.15) is 0 Å². The Morgan fingerprint density at radius 2 is 1.08 bits per heavy atom. The van der Waals surface area contributed by atoms with Gasteiger partial charge in [0.1, 0.15) is 0 Å². The van der Waals surface area contributed by atoms with Crippen molar-refractivity contribution in [2.75, 3.05) is 0 Å². The Morgan fingerprint density at radius 1 is 0.750 bits per heavy atom. The minimum atomic E-state index is 1.82. The zero-order valence-electron chi connectivity index (χ0n) is 8.31. The fourth-order valence-electron chi connectivity index (χ4n) is 0.333.